The van der Waals surface area contributed by atoms with Gasteiger partial charge in [0.25, 0.3) is 17.4 Å². The van der Waals surface area contributed by atoms with Crippen LogP contribution in [0, 0.1) is 5.82 Å². The lowest BCUT2D eigenvalue weighted by Gasteiger charge is -2.09. The van der Waals surface area contributed by atoms with Crippen molar-refractivity contribution in [2.45, 2.75) is 19.8 Å². The second-order valence-electron chi connectivity index (χ2n) is 7.72. The number of thiazole rings is 1. The zero-order valence-corrected chi connectivity index (χ0v) is 20.1. The van der Waals surface area contributed by atoms with Crippen molar-refractivity contribution >= 4 is 45.5 Å². The van der Waals surface area contributed by atoms with Gasteiger partial charge in [-0.2, -0.15) is 0 Å². The molecule has 0 aliphatic rings. The van der Waals surface area contributed by atoms with E-state index in [-0.39, 0.29) is 21.2 Å². The molecule has 0 saturated heterocycles. The Balaban J connectivity index is 1.74. The van der Waals surface area contributed by atoms with E-state index in [0.29, 0.717) is 23.4 Å². The molecule has 0 aliphatic heterocycles. The Labute approximate surface area is 208 Å². The average molecular weight is 509 g/mol. The Morgan fingerprint density at radius 3 is 2.22 bits per heavy atom. The summed E-state index contributed by atoms with van der Waals surface area (Å²) in [5.41, 5.74) is 0.820. The van der Waals surface area contributed by atoms with E-state index >= 15 is 0 Å². The first kappa shape index (κ1) is 24.7. The number of anilines is 2. The Kier molecular flexibility index (Phi) is 7.20. The number of ether oxygens (including phenoxy) is 1. The Morgan fingerprint density at radius 2 is 1.61 bits per heavy atom. The van der Waals surface area contributed by atoms with E-state index in [9.17, 15) is 23.6 Å². The first-order chi connectivity index (χ1) is 17.3. The van der Waals surface area contributed by atoms with Crippen LogP contribution >= 0.6 is 11.3 Å². The minimum Gasteiger partial charge on any atom is -0.465 e. The lowest BCUT2D eigenvalue weighted by molar-refractivity contribution is 0.0600. The molecule has 0 aliphatic carbocycles. The highest BCUT2D eigenvalue weighted by molar-refractivity contribution is 7.19. The molecular formula is C25H21FN4O5S. The summed E-state index contributed by atoms with van der Waals surface area (Å²) in [7, 11) is 1.26. The van der Waals surface area contributed by atoms with Crippen LogP contribution in [-0.2, 0) is 11.2 Å². The largest absolute Gasteiger partial charge is 0.465 e. The number of hydrogen-bond donors (Lipinski definition) is 2. The number of aromatic nitrogens is 2. The number of methoxy groups -OCH3 is 1. The molecule has 0 atom stereocenters. The van der Waals surface area contributed by atoms with Crippen molar-refractivity contribution in [1.29, 1.82) is 0 Å². The van der Waals surface area contributed by atoms with E-state index in [1.165, 1.54) is 61.7 Å². The summed E-state index contributed by atoms with van der Waals surface area (Å²) in [6.07, 6.45) is 1.33. The number of nitrogens with one attached hydrogen (secondary N) is 2. The van der Waals surface area contributed by atoms with Crippen LogP contribution in [0.15, 0.2) is 59.4 Å². The number of carbonyl (C=O) groups excluding carboxylic acids is 3. The van der Waals surface area contributed by atoms with Crippen molar-refractivity contribution in [3.05, 3.63) is 92.6 Å². The molecule has 0 bridgehead atoms. The molecule has 4 aromatic rings. The summed E-state index contributed by atoms with van der Waals surface area (Å²) in [4.78, 5) is 55.7. The number of amides is 2. The molecule has 0 fully saturated rings. The fourth-order valence-corrected chi connectivity index (χ4v) is 4.53. The fraction of sp³-hybridized carbons (Fsp3) is 0.160. The smallest absolute Gasteiger partial charge is 0.337 e. The van der Waals surface area contributed by atoms with Gasteiger partial charge in [-0.25, -0.2) is 18.6 Å². The minimum atomic E-state index is -0.730. The SMILES string of the molecule is CCCc1cc(=O)n2c(C(=O)Nc3ccc(F)cc3)c(C(=O)Nc3ccc(C(=O)OC)cc3)sc2n1. The Morgan fingerprint density at radius 1 is 1.00 bits per heavy atom. The van der Waals surface area contributed by atoms with E-state index in [4.69, 9.17) is 0 Å². The van der Waals surface area contributed by atoms with Crippen molar-refractivity contribution in [3.63, 3.8) is 0 Å². The van der Waals surface area contributed by atoms with Crippen molar-refractivity contribution in [3.8, 4) is 0 Å². The average Bonchev–Trinajstić information content (AvgIpc) is 3.26. The van der Waals surface area contributed by atoms with Crippen molar-refractivity contribution in [2.24, 2.45) is 0 Å². The van der Waals surface area contributed by atoms with Crippen molar-refractivity contribution in [1.82, 2.24) is 9.38 Å². The molecule has 11 heteroatoms. The molecule has 0 spiro atoms. The summed E-state index contributed by atoms with van der Waals surface area (Å²) < 4.78 is 19.0. The fourth-order valence-electron chi connectivity index (χ4n) is 3.48. The maximum absolute atomic E-state index is 13.3. The summed E-state index contributed by atoms with van der Waals surface area (Å²) in [6, 6.07) is 12.4. The minimum absolute atomic E-state index is 0.0371. The van der Waals surface area contributed by atoms with Gasteiger partial charge >= 0.3 is 5.97 Å². The van der Waals surface area contributed by atoms with Gasteiger partial charge in [0.2, 0.25) is 0 Å². The number of halogens is 1. The standard InChI is InChI=1S/C25H21FN4O5S/c1-3-4-18-13-19(31)30-20(22(32)27-17-11-7-15(26)8-12-17)21(36-25(30)29-18)23(33)28-16-9-5-14(6-10-16)24(34)35-2/h5-13H,3-4H2,1-2H3,(H,27,32)(H,28,33). The number of esters is 1. The van der Waals surface area contributed by atoms with Gasteiger partial charge in [-0.3, -0.25) is 14.4 Å². The lowest BCUT2D eigenvalue weighted by atomic mass is 10.2. The first-order valence-corrected chi connectivity index (χ1v) is 11.7. The molecule has 2 N–H and O–H groups in total. The van der Waals surface area contributed by atoms with Gasteiger partial charge in [-0.15, -0.1) is 0 Å². The maximum Gasteiger partial charge on any atom is 0.337 e. The zero-order valence-electron chi connectivity index (χ0n) is 19.3. The van der Waals surface area contributed by atoms with Crippen LogP contribution in [0.25, 0.3) is 4.96 Å². The van der Waals surface area contributed by atoms with Crippen LogP contribution in [0.2, 0.25) is 0 Å². The van der Waals surface area contributed by atoms with Gasteiger partial charge in [-0.05, 0) is 55.0 Å². The summed E-state index contributed by atoms with van der Waals surface area (Å²) >= 11 is 0.903. The molecule has 184 valence electrons. The van der Waals surface area contributed by atoms with E-state index < -0.39 is 29.2 Å². The molecule has 0 saturated carbocycles. The first-order valence-electron chi connectivity index (χ1n) is 10.9. The number of nitrogens with zero attached hydrogens (tertiary/aromatic N) is 2. The number of benzene rings is 2. The van der Waals surface area contributed by atoms with Crippen LogP contribution in [-0.4, -0.2) is 34.3 Å². The van der Waals surface area contributed by atoms with E-state index in [2.05, 4.69) is 20.4 Å². The monoisotopic (exact) mass is 508 g/mol. The molecule has 0 radical (unpaired) electrons. The third-order valence-electron chi connectivity index (χ3n) is 5.17. The number of rotatable bonds is 7. The van der Waals surface area contributed by atoms with E-state index in [1.807, 2.05) is 6.92 Å². The quantitative estimate of drug-likeness (QED) is 0.362. The third kappa shape index (κ3) is 5.15. The number of fused-ring (bicyclic) bond motifs is 1. The van der Waals surface area contributed by atoms with Crippen LogP contribution in [0.5, 0.6) is 0 Å². The highest BCUT2D eigenvalue weighted by atomic mass is 32.1. The molecule has 2 amide bonds. The predicted molar refractivity (Wildman–Crippen MR) is 133 cm³/mol. The van der Waals surface area contributed by atoms with Gasteiger partial charge in [0, 0.05) is 23.1 Å². The van der Waals surface area contributed by atoms with Crippen molar-refractivity contribution < 1.29 is 23.5 Å². The normalized spacial score (nSPS) is 10.8. The molecule has 2 aromatic carbocycles. The molecule has 0 unspecified atom stereocenters. The molecule has 4 rings (SSSR count). The van der Waals surface area contributed by atoms with E-state index in [0.717, 1.165) is 22.2 Å². The van der Waals surface area contributed by atoms with Gasteiger partial charge in [0.05, 0.1) is 12.7 Å². The molecule has 36 heavy (non-hydrogen) atoms. The number of carbonyl (C=O) groups is 3. The number of hydrogen-bond acceptors (Lipinski definition) is 7. The molecular weight excluding hydrogens is 487 g/mol. The highest BCUT2D eigenvalue weighted by Crippen LogP contribution is 2.24. The number of aryl methyl sites for hydroxylation is 1. The lowest BCUT2D eigenvalue weighted by Crippen LogP contribution is -2.25. The summed E-state index contributed by atoms with van der Waals surface area (Å²) in [5.74, 6) is -2.37. The second-order valence-corrected chi connectivity index (χ2v) is 8.70. The Hall–Kier alpha value is -4.38. The third-order valence-corrected chi connectivity index (χ3v) is 6.21. The van der Waals surface area contributed by atoms with Crippen molar-refractivity contribution in [2.75, 3.05) is 17.7 Å². The van der Waals surface area contributed by atoms with Crippen LogP contribution < -0.4 is 16.2 Å². The predicted octanol–water partition coefficient (Wildman–Crippen LogP) is 4.14. The van der Waals surface area contributed by atoms with Gasteiger partial charge in [0.1, 0.15) is 16.4 Å². The summed E-state index contributed by atoms with van der Waals surface area (Å²) in [5, 5.41) is 5.27. The zero-order chi connectivity index (χ0) is 25.8. The van der Waals surface area contributed by atoms with E-state index in [1.54, 1.807) is 0 Å². The van der Waals surface area contributed by atoms with Gasteiger partial charge in [-0.1, -0.05) is 24.7 Å². The second kappa shape index (κ2) is 10.5. The molecule has 9 nitrogen and oxygen atoms in total. The van der Waals surface area contributed by atoms with Gasteiger partial charge in [0.15, 0.2) is 4.96 Å². The molecule has 2 heterocycles. The van der Waals surface area contributed by atoms with Crippen LogP contribution in [0.1, 0.15) is 49.6 Å². The Bertz CT molecular complexity index is 1510. The topological polar surface area (TPSA) is 119 Å². The van der Waals surface area contributed by atoms with Gasteiger partial charge < -0.3 is 15.4 Å². The molecule has 2 aromatic heterocycles. The summed E-state index contributed by atoms with van der Waals surface area (Å²) in [6.45, 7) is 1.95. The van der Waals surface area contributed by atoms with Crippen LogP contribution in [0.4, 0.5) is 15.8 Å². The van der Waals surface area contributed by atoms with Crippen LogP contribution in [0.3, 0.4) is 0 Å². The maximum atomic E-state index is 13.3. The highest BCUT2D eigenvalue weighted by Gasteiger charge is 2.26.